The molecule has 0 amide bonds. The van der Waals surface area contributed by atoms with Gasteiger partial charge in [0.2, 0.25) is 0 Å². The van der Waals surface area contributed by atoms with Crippen LogP contribution in [-0.4, -0.2) is 20.3 Å². The topological polar surface area (TPSA) is 44.5 Å². The van der Waals surface area contributed by atoms with Gasteiger partial charge in [-0.1, -0.05) is 6.07 Å². The zero-order valence-corrected chi connectivity index (χ0v) is 9.00. The Balaban J connectivity index is 2.66. The average molecular weight is 213 g/mol. The van der Waals surface area contributed by atoms with Crippen LogP contribution in [0.2, 0.25) is 0 Å². The summed E-state index contributed by atoms with van der Waals surface area (Å²) in [5.74, 6) is -0.155. The van der Waals surface area contributed by atoms with Crippen LogP contribution in [0, 0.1) is 5.82 Å². The van der Waals surface area contributed by atoms with Crippen LogP contribution in [0.15, 0.2) is 18.2 Å². The molecule has 0 aliphatic rings. The van der Waals surface area contributed by atoms with Crippen molar-refractivity contribution in [1.82, 2.24) is 0 Å². The maximum Gasteiger partial charge on any atom is 0.165 e. The molecule has 1 aromatic carbocycles. The molecule has 0 saturated carbocycles. The SMILES string of the molecule is COCCOc1ccc([C@@H](C)N)cc1F. The second-order valence-corrected chi connectivity index (χ2v) is 3.32. The Labute approximate surface area is 89.0 Å². The van der Waals surface area contributed by atoms with Crippen molar-refractivity contribution < 1.29 is 13.9 Å². The van der Waals surface area contributed by atoms with Crippen LogP contribution in [0.1, 0.15) is 18.5 Å². The third-order valence-corrected chi connectivity index (χ3v) is 2.03. The number of halogens is 1. The Morgan fingerprint density at radius 1 is 1.40 bits per heavy atom. The molecule has 0 aliphatic heterocycles. The Morgan fingerprint density at radius 3 is 2.67 bits per heavy atom. The molecule has 0 heterocycles. The number of hydrogen-bond donors (Lipinski definition) is 1. The van der Waals surface area contributed by atoms with Gasteiger partial charge in [0.05, 0.1) is 6.61 Å². The molecule has 4 heteroatoms. The summed E-state index contributed by atoms with van der Waals surface area (Å²) in [4.78, 5) is 0. The van der Waals surface area contributed by atoms with Gasteiger partial charge < -0.3 is 15.2 Å². The molecule has 0 radical (unpaired) electrons. The molecular formula is C11H16FNO2. The largest absolute Gasteiger partial charge is 0.488 e. The lowest BCUT2D eigenvalue weighted by atomic mass is 10.1. The van der Waals surface area contributed by atoms with Crippen LogP contribution in [-0.2, 0) is 4.74 Å². The van der Waals surface area contributed by atoms with E-state index >= 15 is 0 Å². The highest BCUT2D eigenvalue weighted by molar-refractivity contribution is 5.30. The molecule has 0 aliphatic carbocycles. The maximum absolute atomic E-state index is 13.4. The van der Waals surface area contributed by atoms with Crippen molar-refractivity contribution in [2.24, 2.45) is 5.73 Å². The highest BCUT2D eigenvalue weighted by atomic mass is 19.1. The monoisotopic (exact) mass is 213 g/mol. The fourth-order valence-corrected chi connectivity index (χ4v) is 1.15. The highest BCUT2D eigenvalue weighted by Crippen LogP contribution is 2.20. The summed E-state index contributed by atoms with van der Waals surface area (Å²) in [5, 5.41) is 0. The second kappa shape index (κ2) is 5.68. The molecule has 0 bridgehead atoms. The van der Waals surface area contributed by atoms with Crippen LogP contribution in [0.25, 0.3) is 0 Å². The van der Waals surface area contributed by atoms with Gasteiger partial charge in [-0.25, -0.2) is 4.39 Å². The molecule has 0 fully saturated rings. The van der Waals surface area contributed by atoms with E-state index < -0.39 is 0 Å². The minimum atomic E-state index is -0.388. The molecule has 84 valence electrons. The van der Waals surface area contributed by atoms with Crippen molar-refractivity contribution in [3.05, 3.63) is 29.6 Å². The highest BCUT2D eigenvalue weighted by Gasteiger charge is 2.06. The van der Waals surface area contributed by atoms with Gasteiger partial charge in [-0.15, -0.1) is 0 Å². The number of hydrogen-bond acceptors (Lipinski definition) is 3. The van der Waals surface area contributed by atoms with Crippen LogP contribution >= 0.6 is 0 Å². The molecule has 1 aromatic rings. The van der Waals surface area contributed by atoms with Gasteiger partial charge in [0.1, 0.15) is 6.61 Å². The summed E-state index contributed by atoms with van der Waals surface area (Å²) in [7, 11) is 1.57. The van der Waals surface area contributed by atoms with Gasteiger partial charge in [0.25, 0.3) is 0 Å². The number of nitrogens with two attached hydrogens (primary N) is 1. The maximum atomic E-state index is 13.4. The molecule has 0 spiro atoms. The average Bonchev–Trinajstić information content (AvgIpc) is 2.20. The van der Waals surface area contributed by atoms with Crippen molar-refractivity contribution >= 4 is 0 Å². The molecule has 15 heavy (non-hydrogen) atoms. The number of rotatable bonds is 5. The summed E-state index contributed by atoms with van der Waals surface area (Å²) < 4.78 is 23.4. The lowest BCUT2D eigenvalue weighted by Gasteiger charge is -2.09. The van der Waals surface area contributed by atoms with Gasteiger partial charge in [-0.2, -0.15) is 0 Å². The molecule has 0 unspecified atom stereocenters. The first kappa shape index (κ1) is 11.9. The lowest BCUT2D eigenvalue weighted by molar-refractivity contribution is 0.144. The Hall–Kier alpha value is -1.13. The Bertz CT molecular complexity index is 315. The summed E-state index contributed by atoms with van der Waals surface area (Å²) in [6.45, 7) is 2.58. The first-order valence-electron chi connectivity index (χ1n) is 4.82. The third-order valence-electron chi connectivity index (χ3n) is 2.03. The third kappa shape index (κ3) is 3.49. The smallest absolute Gasteiger partial charge is 0.165 e. The summed E-state index contributed by atoms with van der Waals surface area (Å²) in [5.41, 5.74) is 6.38. The molecular weight excluding hydrogens is 197 g/mol. The van der Waals surface area contributed by atoms with Crippen molar-refractivity contribution in [2.45, 2.75) is 13.0 Å². The van der Waals surface area contributed by atoms with Gasteiger partial charge in [-0.05, 0) is 24.6 Å². The van der Waals surface area contributed by atoms with E-state index in [4.69, 9.17) is 15.2 Å². The standard InChI is InChI=1S/C11H16FNO2/c1-8(13)9-3-4-11(10(12)7-9)15-6-5-14-2/h3-4,7-8H,5-6,13H2,1-2H3/t8-/m1/s1. The lowest BCUT2D eigenvalue weighted by Crippen LogP contribution is -2.08. The van der Waals surface area contributed by atoms with Gasteiger partial charge in [-0.3, -0.25) is 0 Å². The van der Waals surface area contributed by atoms with Crippen molar-refractivity contribution in [3.8, 4) is 5.75 Å². The van der Waals surface area contributed by atoms with Crippen LogP contribution in [0.4, 0.5) is 4.39 Å². The van der Waals surface area contributed by atoms with Crippen LogP contribution < -0.4 is 10.5 Å². The minimum Gasteiger partial charge on any atom is -0.488 e. The van der Waals surface area contributed by atoms with Crippen LogP contribution in [0.3, 0.4) is 0 Å². The first-order chi connectivity index (χ1) is 7.15. The summed E-state index contributed by atoms with van der Waals surface area (Å²) in [6, 6.07) is 4.57. The Morgan fingerprint density at radius 2 is 2.13 bits per heavy atom. The minimum absolute atomic E-state index is 0.174. The van der Waals surface area contributed by atoms with Crippen molar-refractivity contribution in [2.75, 3.05) is 20.3 Å². The molecule has 0 saturated heterocycles. The van der Waals surface area contributed by atoms with E-state index in [0.717, 1.165) is 5.56 Å². The van der Waals surface area contributed by atoms with E-state index in [-0.39, 0.29) is 17.6 Å². The van der Waals surface area contributed by atoms with E-state index in [1.807, 2.05) is 0 Å². The molecule has 3 nitrogen and oxygen atoms in total. The Kier molecular flexibility index (Phi) is 4.52. The molecule has 1 rings (SSSR count). The van der Waals surface area contributed by atoms with E-state index in [0.29, 0.717) is 13.2 Å². The zero-order chi connectivity index (χ0) is 11.3. The van der Waals surface area contributed by atoms with E-state index in [2.05, 4.69) is 0 Å². The van der Waals surface area contributed by atoms with E-state index in [1.54, 1.807) is 26.2 Å². The molecule has 2 N–H and O–H groups in total. The zero-order valence-electron chi connectivity index (χ0n) is 9.00. The summed E-state index contributed by atoms with van der Waals surface area (Å²) in [6.07, 6.45) is 0. The van der Waals surface area contributed by atoms with E-state index in [9.17, 15) is 4.39 Å². The van der Waals surface area contributed by atoms with Crippen LogP contribution in [0.5, 0.6) is 5.75 Å². The van der Waals surface area contributed by atoms with E-state index in [1.165, 1.54) is 6.07 Å². The molecule has 1 atom stereocenters. The number of methoxy groups -OCH3 is 1. The fourth-order valence-electron chi connectivity index (χ4n) is 1.15. The summed E-state index contributed by atoms with van der Waals surface area (Å²) >= 11 is 0. The predicted octanol–water partition coefficient (Wildman–Crippen LogP) is 1.87. The van der Waals surface area contributed by atoms with Crippen molar-refractivity contribution in [1.29, 1.82) is 0 Å². The predicted molar refractivity (Wildman–Crippen MR) is 56.4 cm³/mol. The number of ether oxygens (including phenoxy) is 2. The van der Waals surface area contributed by atoms with Gasteiger partial charge in [0, 0.05) is 13.2 Å². The first-order valence-corrected chi connectivity index (χ1v) is 4.82. The molecule has 0 aromatic heterocycles. The fraction of sp³-hybridized carbons (Fsp3) is 0.455. The normalized spacial score (nSPS) is 12.5. The van der Waals surface area contributed by atoms with Gasteiger partial charge >= 0.3 is 0 Å². The number of benzene rings is 1. The second-order valence-electron chi connectivity index (χ2n) is 3.32. The van der Waals surface area contributed by atoms with Gasteiger partial charge in [0.15, 0.2) is 11.6 Å². The quantitative estimate of drug-likeness (QED) is 0.759. The van der Waals surface area contributed by atoms with Crippen molar-refractivity contribution in [3.63, 3.8) is 0 Å².